The Hall–Kier alpha value is -4.10. The summed E-state index contributed by atoms with van der Waals surface area (Å²) in [6.45, 7) is 0.766. The van der Waals surface area contributed by atoms with Crippen molar-refractivity contribution in [2.45, 2.75) is 6.54 Å². The van der Waals surface area contributed by atoms with Crippen molar-refractivity contribution in [1.82, 2.24) is 4.57 Å². The van der Waals surface area contributed by atoms with E-state index in [0.717, 1.165) is 22.0 Å². The molecule has 1 aromatic heterocycles. The molecular formula is C27H26N2O5. The zero-order valence-corrected chi connectivity index (χ0v) is 19.1. The largest absolute Gasteiger partial charge is 0.497 e. The summed E-state index contributed by atoms with van der Waals surface area (Å²) < 4.78 is 17.7. The van der Waals surface area contributed by atoms with Crippen LogP contribution in [0, 0.1) is 0 Å². The highest BCUT2D eigenvalue weighted by atomic mass is 16.5. The molecule has 0 fully saturated rings. The van der Waals surface area contributed by atoms with E-state index < -0.39 is 0 Å². The van der Waals surface area contributed by atoms with Gasteiger partial charge in [0.1, 0.15) is 12.4 Å². The number of fused-ring (bicyclic) bond motifs is 1. The molecule has 0 aliphatic carbocycles. The predicted molar refractivity (Wildman–Crippen MR) is 131 cm³/mol. The molecule has 4 aromatic rings. The first kappa shape index (κ1) is 23.1. The summed E-state index contributed by atoms with van der Waals surface area (Å²) in [7, 11) is 2.94. The van der Waals surface area contributed by atoms with Gasteiger partial charge in [-0.05, 0) is 29.8 Å². The van der Waals surface area contributed by atoms with Gasteiger partial charge < -0.3 is 24.1 Å². The number of benzene rings is 3. The number of ether oxygens (including phenoxy) is 3. The van der Waals surface area contributed by atoms with Crippen LogP contribution in [0.1, 0.15) is 10.4 Å². The molecule has 34 heavy (non-hydrogen) atoms. The predicted octanol–water partition coefficient (Wildman–Crippen LogP) is 4.76. The molecule has 174 valence electrons. The highest BCUT2D eigenvalue weighted by Gasteiger charge is 2.14. The third-order valence-electron chi connectivity index (χ3n) is 5.45. The van der Waals surface area contributed by atoms with E-state index in [1.54, 1.807) is 31.4 Å². The van der Waals surface area contributed by atoms with Gasteiger partial charge in [-0.2, -0.15) is 0 Å². The summed E-state index contributed by atoms with van der Waals surface area (Å²) >= 11 is 0. The Labute approximate surface area is 197 Å². The van der Waals surface area contributed by atoms with Crippen molar-refractivity contribution in [3.63, 3.8) is 0 Å². The fraction of sp³-hybridized carbons (Fsp3) is 0.185. The average Bonchev–Trinajstić information content (AvgIpc) is 3.24. The van der Waals surface area contributed by atoms with Crippen LogP contribution >= 0.6 is 0 Å². The van der Waals surface area contributed by atoms with Crippen LogP contribution in [0.4, 0.5) is 5.69 Å². The topological polar surface area (TPSA) is 78.8 Å². The van der Waals surface area contributed by atoms with Crippen molar-refractivity contribution in [2.24, 2.45) is 0 Å². The van der Waals surface area contributed by atoms with Gasteiger partial charge in [-0.15, -0.1) is 0 Å². The number of rotatable bonds is 9. The highest BCUT2D eigenvalue weighted by Crippen LogP contribution is 2.31. The Bertz CT molecular complexity index is 1300. The monoisotopic (exact) mass is 458 g/mol. The second-order valence-corrected chi connectivity index (χ2v) is 7.66. The molecule has 0 radical (unpaired) electrons. The van der Waals surface area contributed by atoms with Crippen LogP contribution in [0.15, 0.2) is 79.0 Å². The Balaban J connectivity index is 1.46. The van der Waals surface area contributed by atoms with Crippen LogP contribution < -0.4 is 10.1 Å². The molecule has 0 bridgehead atoms. The number of esters is 1. The van der Waals surface area contributed by atoms with Crippen molar-refractivity contribution in [1.29, 1.82) is 0 Å². The molecule has 0 saturated heterocycles. The Morgan fingerprint density at radius 3 is 2.53 bits per heavy atom. The molecule has 0 spiro atoms. The van der Waals surface area contributed by atoms with Gasteiger partial charge >= 0.3 is 5.97 Å². The number of aromatic nitrogens is 1. The first-order chi connectivity index (χ1) is 16.6. The molecule has 3 aromatic carbocycles. The third-order valence-corrected chi connectivity index (χ3v) is 5.45. The van der Waals surface area contributed by atoms with Crippen LogP contribution in [0.25, 0.3) is 22.0 Å². The number of carbonyl (C=O) groups is 2. The van der Waals surface area contributed by atoms with Crippen molar-refractivity contribution in [3.05, 3.63) is 84.6 Å². The average molecular weight is 459 g/mol. The number of amides is 1. The van der Waals surface area contributed by atoms with Gasteiger partial charge in [-0.25, -0.2) is 4.79 Å². The van der Waals surface area contributed by atoms with Crippen molar-refractivity contribution in [3.8, 4) is 16.9 Å². The van der Waals surface area contributed by atoms with Gasteiger partial charge in [-0.3, -0.25) is 4.79 Å². The minimum atomic E-state index is -0.388. The quantitative estimate of drug-likeness (QED) is 0.289. The standard InChI is InChI=1S/C27H26N2O5/c1-32-22-10-6-9-21(16-22)28-26(30)18-34-14-13-29-17-24(19-7-4-3-5-8-19)23-12-11-20(15-25(23)29)27(31)33-2/h3-12,15-17H,13-14,18H2,1-2H3,(H,28,30). The molecule has 7 heteroatoms. The third kappa shape index (κ3) is 5.27. The van der Waals surface area contributed by atoms with E-state index in [4.69, 9.17) is 14.2 Å². The lowest BCUT2D eigenvalue weighted by atomic mass is 10.0. The summed E-state index contributed by atoms with van der Waals surface area (Å²) in [5, 5.41) is 3.82. The van der Waals surface area contributed by atoms with E-state index in [9.17, 15) is 9.59 Å². The number of methoxy groups -OCH3 is 2. The lowest BCUT2D eigenvalue weighted by molar-refractivity contribution is -0.120. The summed E-state index contributed by atoms with van der Waals surface area (Å²) in [5.41, 5.74) is 4.16. The van der Waals surface area contributed by atoms with Gasteiger partial charge in [0.2, 0.25) is 5.91 Å². The van der Waals surface area contributed by atoms with Crippen molar-refractivity contribution >= 4 is 28.5 Å². The van der Waals surface area contributed by atoms with E-state index in [2.05, 4.69) is 5.32 Å². The normalized spacial score (nSPS) is 10.8. The van der Waals surface area contributed by atoms with Crippen molar-refractivity contribution in [2.75, 3.05) is 32.8 Å². The van der Waals surface area contributed by atoms with Crippen LogP contribution in [-0.4, -0.2) is 43.9 Å². The maximum Gasteiger partial charge on any atom is 0.337 e. The van der Waals surface area contributed by atoms with Gasteiger partial charge in [0, 0.05) is 41.0 Å². The van der Waals surface area contributed by atoms with Gasteiger partial charge in [0.25, 0.3) is 0 Å². The molecule has 1 amide bonds. The fourth-order valence-electron chi connectivity index (χ4n) is 3.80. The van der Waals surface area contributed by atoms with E-state index in [1.165, 1.54) is 7.11 Å². The lowest BCUT2D eigenvalue weighted by Crippen LogP contribution is -2.19. The molecule has 0 aliphatic heterocycles. The first-order valence-electron chi connectivity index (χ1n) is 10.9. The van der Waals surface area contributed by atoms with Gasteiger partial charge in [0.15, 0.2) is 0 Å². The minimum Gasteiger partial charge on any atom is -0.497 e. The molecule has 1 N–H and O–H groups in total. The molecule has 4 rings (SSSR count). The first-order valence-corrected chi connectivity index (χ1v) is 10.9. The molecule has 1 heterocycles. The SMILES string of the molecule is COC(=O)c1ccc2c(-c3ccccc3)cn(CCOCC(=O)Nc3cccc(OC)c3)c2c1. The minimum absolute atomic E-state index is 0.0740. The zero-order valence-electron chi connectivity index (χ0n) is 19.1. The fourth-order valence-corrected chi connectivity index (χ4v) is 3.80. The number of nitrogens with one attached hydrogen (secondary N) is 1. The van der Waals surface area contributed by atoms with E-state index in [-0.39, 0.29) is 18.5 Å². The summed E-state index contributed by atoms with van der Waals surface area (Å²) in [4.78, 5) is 24.3. The van der Waals surface area contributed by atoms with Crippen molar-refractivity contribution < 1.29 is 23.8 Å². The molecular weight excluding hydrogens is 432 g/mol. The van der Waals surface area contributed by atoms with Gasteiger partial charge in [0.05, 0.1) is 26.4 Å². The van der Waals surface area contributed by atoms with Crippen LogP contribution in [0.2, 0.25) is 0 Å². The van der Waals surface area contributed by atoms with E-state index in [1.807, 2.05) is 59.3 Å². The number of anilines is 1. The smallest absolute Gasteiger partial charge is 0.337 e. The van der Waals surface area contributed by atoms with E-state index in [0.29, 0.717) is 30.2 Å². The number of hydrogen-bond donors (Lipinski definition) is 1. The van der Waals surface area contributed by atoms with E-state index >= 15 is 0 Å². The molecule has 0 saturated carbocycles. The Morgan fingerprint density at radius 1 is 0.941 bits per heavy atom. The number of carbonyl (C=O) groups excluding carboxylic acids is 2. The highest BCUT2D eigenvalue weighted by molar-refractivity contribution is 6.00. The maximum atomic E-state index is 12.2. The molecule has 7 nitrogen and oxygen atoms in total. The lowest BCUT2D eigenvalue weighted by Gasteiger charge is -2.09. The maximum absolute atomic E-state index is 12.2. The second-order valence-electron chi connectivity index (χ2n) is 7.66. The molecule has 0 atom stereocenters. The summed E-state index contributed by atoms with van der Waals surface area (Å²) in [6.07, 6.45) is 2.04. The Kier molecular flexibility index (Phi) is 7.25. The van der Waals surface area contributed by atoms with Crippen LogP contribution in [0.3, 0.4) is 0 Å². The van der Waals surface area contributed by atoms with Crippen LogP contribution in [0.5, 0.6) is 5.75 Å². The van der Waals surface area contributed by atoms with Gasteiger partial charge in [-0.1, -0.05) is 42.5 Å². The summed E-state index contributed by atoms with van der Waals surface area (Å²) in [5.74, 6) is 0.0312. The second kappa shape index (κ2) is 10.7. The summed E-state index contributed by atoms with van der Waals surface area (Å²) in [6, 6.07) is 22.7. The Morgan fingerprint density at radius 2 is 1.76 bits per heavy atom. The zero-order chi connectivity index (χ0) is 23.9. The number of hydrogen-bond acceptors (Lipinski definition) is 5. The van der Waals surface area contributed by atoms with Crippen LogP contribution in [-0.2, 0) is 20.8 Å². The number of nitrogens with zero attached hydrogens (tertiary/aromatic N) is 1. The molecule has 0 aliphatic rings. The molecule has 0 unspecified atom stereocenters.